The maximum Gasteiger partial charge on any atom is 0.322 e. The van der Waals surface area contributed by atoms with E-state index in [1.54, 1.807) is 34.1 Å². The summed E-state index contributed by atoms with van der Waals surface area (Å²) in [5.41, 5.74) is 2.02. The molecule has 0 aliphatic carbocycles. The highest BCUT2D eigenvalue weighted by atomic mass is 16.6. The molecule has 3 aliphatic rings. The fourth-order valence-corrected chi connectivity index (χ4v) is 3.97. The first-order valence-electron chi connectivity index (χ1n) is 10.8. The predicted octanol–water partition coefficient (Wildman–Crippen LogP) is 2.36. The average Bonchev–Trinajstić information content (AvgIpc) is 3.06. The molecule has 0 aromatic heterocycles. The quantitative estimate of drug-likeness (QED) is 0.773. The molecule has 3 amide bonds. The standard InChI is InChI=1S/C23H25N3O6/c27-22(25-5-8-29-9-6-25)16-1-3-19-17(13-16)15-26(7-10-30-19)23(28)24-18-2-4-20-21(14-18)32-12-11-31-20/h1-4,13-14H,5-12,15H2,(H,24,28). The van der Waals surface area contributed by atoms with Crippen LogP contribution in [0.2, 0.25) is 0 Å². The summed E-state index contributed by atoms with van der Waals surface area (Å²) in [4.78, 5) is 29.3. The molecule has 1 N–H and O–H groups in total. The van der Waals surface area contributed by atoms with Crippen molar-refractivity contribution in [2.45, 2.75) is 6.54 Å². The van der Waals surface area contributed by atoms with Crippen LogP contribution in [0.5, 0.6) is 17.2 Å². The summed E-state index contributed by atoms with van der Waals surface area (Å²) in [5.74, 6) is 1.94. The number of amides is 3. The number of nitrogens with one attached hydrogen (secondary N) is 1. The van der Waals surface area contributed by atoms with Crippen molar-refractivity contribution in [2.75, 3.05) is 58.0 Å². The first-order valence-corrected chi connectivity index (χ1v) is 10.8. The van der Waals surface area contributed by atoms with E-state index in [1.165, 1.54) is 0 Å². The summed E-state index contributed by atoms with van der Waals surface area (Å²) in [6.07, 6.45) is 0. The minimum absolute atomic E-state index is 0.0346. The van der Waals surface area contributed by atoms with Gasteiger partial charge < -0.3 is 34.1 Å². The summed E-state index contributed by atoms with van der Waals surface area (Å²) >= 11 is 0. The number of fused-ring (bicyclic) bond motifs is 2. The maximum absolute atomic E-state index is 13.0. The molecule has 3 heterocycles. The summed E-state index contributed by atoms with van der Waals surface area (Å²) in [6.45, 7) is 4.40. The number of hydrogen-bond acceptors (Lipinski definition) is 6. The van der Waals surface area contributed by atoms with Crippen LogP contribution in [0.15, 0.2) is 36.4 Å². The lowest BCUT2D eigenvalue weighted by molar-refractivity contribution is 0.0303. The van der Waals surface area contributed by atoms with Gasteiger partial charge in [-0.15, -0.1) is 0 Å². The van der Waals surface area contributed by atoms with Gasteiger partial charge in [0.2, 0.25) is 0 Å². The second-order valence-electron chi connectivity index (χ2n) is 7.79. The average molecular weight is 439 g/mol. The number of urea groups is 1. The van der Waals surface area contributed by atoms with Gasteiger partial charge >= 0.3 is 6.03 Å². The Balaban J connectivity index is 1.30. The molecule has 2 aromatic carbocycles. The fourth-order valence-electron chi connectivity index (χ4n) is 3.97. The van der Waals surface area contributed by atoms with Crippen LogP contribution in [0, 0.1) is 0 Å². The van der Waals surface area contributed by atoms with Crippen molar-refractivity contribution in [3.05, 3.63) is 47.5 Å². The Morgan fingerprint density at radius 2 is 1.47 bits per heavy atom. The fraction of sp³-hybridized carbons (Fsp3) is 0.391. The zero-order valence-electron chi connectivity index (χ0n) is 17.7. The number of morpholine rings is 1. The minimum atomic E-state index is -0.247. The number of carbonyl (C=O) groups excluding carboxylic acids is 2. The van der Waals surface area contributed by atoms with E-state index in [4.69, 9.17) is 18.9 Å². The Morgan fingerprint density at radius 3 is 2.31 bits per heavy atom. The summed E-state index contributed by atoms with van der Waals surface area (Å²) in [7, 11) is 0. The lowest BCUT2D eigenvalue weighted by Crippen LogP contribution is -2.40. The first-order chi connectivity index (χ1) is 15.7. The molecular weight excluding hydrogens is 414 g/mol. The molecule has 0 unspecified atom stereocenters. The highest BCUT2D eigenvalue weighted by Crippen LogP contribution is 2.33. The molecule has 1 saturated heterocycles. The zero-order chi connectivity index (χ0) is 21.9. The van der Waals surface area contributed by atoms with Gasteiger partial charge in [0.1, 0.15) is 25.6 Å². The Labute approximate surface area is 185 Å². The Hall–Kier alpha value is -3.46. The number of benzene rings is 2. The molecule has 0 atom stereocenters. The van der Waals surface area contributed by atoms with Gasteiger partial charge in [-0.25, -0.2) is 4.79 Å². The van der Waals surface area contributed by atoms with Crippen LogP contribution in [0.1, 0.15) is 15.9 Å². The van der Waals surface area contributed by atoms with Gasteiger partial charge in [0.05, 0.1) is 26.3 Å². The molecule has 9 nitrogen and oxygen atoms in total. The highest BCUT2D eigenvalue weighted by molar-refractivity contribution is 5.95. The molecule has 5 rings (SSSR count). The van der Waals surface area contributed by atoms with Gasteiger partial charge in [-0.2, -0.15) is 0 Å². The molecule has 168 valence electrons. The van der Waals surface area contributed by atoms with E-state index in [9.17, 15) is 9.59 Å². The van der Waals surface area contributed by atoms with E-state index in [-0.39, 0.29) is 11.9 Å². The van der Waals surface area contributed by atoms with Gasteiger partial charge in [0, 0.05) is 36.0 Å². The van der Waals surface area contributed by atoms with Gasteiger partial charge in [0.25, 0.3) is 5.91 Å². The SMILES string of the molecule is O=C(Nc1ccc2c(c1)OCCO2)N1CCOc2ccc(C(=O)N3CCOCC3)cc2C1. The summed E-state index contributed by atoms with van der Waals surface area (Å²) in [6, 6.07) is 10.5. The molecule has 0 radical (unpaired) electrons. The third-order valence-electron chi connectivity index (χ3n) is 5.67. The molecule has 0 bridgehead atoms. The largest absolute Gasteiger partial charge is 0.491 e. The molecule has 1 fully saturated rings. The zero-order valence-corrected chi connectivity index (χ0v) is 17.7. The van der Waals surface area contributed by atoms with Crippen LogP contribution in [-0.4, -0.2) is 74.4 Å². The summed E-state index contributed by atoms with van der Waals surface area (Å²) < 4.78 is 22.3. The minimum Gasteiger partial charge on any atom is -0.491 e. The molecule has 3 aliphatic heterocycles. The Kier molecular flexibility index (Phi) is 5.72. The van der Waals surface area contributed by atoms with Crippen LogP contribution in [0.3, 0.4) is 0 Å². The van der Waals surface area contributed by atoms with Crippen LogP contribution in [0.25, 0.3) is 0 Å². The molecule has 2 aromatic rings. The topological polar surface area (TPSA) is 89.6 Å². The molecular formula is C23H25N3O6. The number of ether oxygens (including phenoxy) is 4. The van der Waals surface area contributed by atoms with Gasteiger partial charge in [-0.1, -0.05) is 0 Å². The number of nitrogens with zero attached hydrogens (tertiary/aromatic N) is 2. The van der Waals surface area contributed by atoms with Crippen molar-refractivity contribution in [1.82, 2.24) is 9.80 Å². The molecule has 0 spiro atoms. The van der Waals surface area contributed by atoms with E-state index in [2.05, 4.69) is 5.32 Å². The van der Waals surface area contributed by atoms with Crippen LogP contribution < -0.4 is 19.5 Å². The van der Waals surface area contributed by atoms with E-state index in [0.29, 0.717) is 87.7 Å². The monoisotopic (exact) mass is 439 g/mol. The molecule has 9 heteroatoms. The normalized spacial score (nSPS) is 17.6. The summed E-state index contributed by atoms with van der Waals surface area (Å²) in [5, 5.41) is 2.92. The van der Waals surface area contributed by atoms with E-state index < -0.39 is 0 Å². The smallest absolute Gasteiger partial charge is 0.322 e. The highest BCUT2D eigenvalue weighted by Gasteiger charge is 2.24. The third kappa shape index (κ3) is 4.29. The van der Waals surface area contributed by atoms with E-state index >= 15 is 0 Å². The van der Waals surface area contributed by atoms with Crippen molar-refractivity contribution in [3.63, 3.8) is 0 Å². The predicted molar refractivity (Wildman–Crippen MR) is 116 cm³/mol. The van der Waals surface area contributed by atoms with Crippen LogP contribution in [0.4, 0.5) is 10.5 Å². The van der Waals surface area contributed by atoms with Crippen molar-refractivity contribution >= 4 is 17.6 Å². The van der Waals surface area contributed by atoms with Crippen molar-refractivity contribution in [1.29, 1.82) is 0 Å². The van der Waals surface area contributed by atoms with Crippen LogP contribution in [-0.2, 0) is 11.3 Å². The van der Waals surface area contributed by atoms with Gasteiger partial charge in [-0.3, -0.25) is 4.79 Å². The van der Waals surface area contributed by atoms with Crippen molar-refractivity contribution < 1.29 is 28.5 Å². The van der Waals surface area contributed by atoms with E-state index in [0.717, 1.165) is 5.56 Å². The van der Waals surface area contributed by atoms with Gasteiger partial charge in [0.15, 0.2) is 11.5 Å². The number of anilines is 1. The number of hydrogen-bond donors (Lipinski definition) is 1. The number of carbonyl (C=O) groups is 2. The van der Waals surface area contributed by atoms with Crippen LogP contribution >= 0.6 is 0 Å². The van der Waals surface area contributed by atoms with Gasteiger partial charge in [-0.05, 0) is 30.3 Å². The third-order valence-corrected chi connectivity index (χ3v) is 5.67. The van der Waals surface area contributed by atoms with E-state index in [1.807, 2.05) is 12.1 Å². The number of rotatable bonds is 2. The molecule has 32 heavy (non-hydrogen) atoms. The first kappa shape index (κ1) is 20.4. The second kappa shape index (κ2) is 8.96. The maximum atomic E-state index is 13.0. The van der Waals surface area contributed by atoms with Crippen molar-refractivity contribution in [3.8, 4) is 17.2 Å². The molecule has 0 saturated carbocycles. The van der Waals surface area contributed by atoms with Crippen molar-refractivity contribution in [2.24, 2.45) is 0 Å². The Morgan fingerprint density at radius 1 is 0.750 bits per heavy atom. The second-order valence-corrected chi connectivity index (χ2v) is 7.79. The lowest BCUT2D eigenvalue weighted by atomic mass is 10.1. The Bertz CT molecular complexity index is 1020. The lowest BCUT2D eigenvalue weighted by Gasteiger charge is -2.27.